The molecule has 2 heterocycles. The fourth-order valence-electron chi connectivity index (χ4n) is 3.82. The molecule has 1 N–H and O–H groups in total. The van der Waals surface area contributed by atoms with Gasteiger partial charge in [0.2, 0.25) is 11.8 Å². The lowest BCUT2D eigenvalue weighted by Crippen LogP contribution is -2.38. The first kappa shape index (κ1) is 26.2. The number of aliphatic imine (C=N–C) groups is 1. The smallest absolute Gasteiger partial charge is 0.387 e. The molecule has 2 aliphatic heterocycles. The van der Waals surface area contributed by atoms with E-state index in [0.29, 0.717) is 40.5 Å². The van der Waals surface area contributed by atoms with Crippen molar-refractivity contribution in [1.82, 2.24) is 4.90 Å². The van der Waals surface area contributed by atoms with Gasteiger partial charge in [-0.25, -0.2) is 4.99 Å². The number of anilines is 1. The van der Waals surface area contributed by atoms with Gasteiger partial charge in [0.1, 0.15) is 16.7 Å². The average molecular weight is 540 g/mol. The third-order valence-electron chi connectivity index (χ3n) is 5.52. The molecule has 2 saturated heterocycles. The fourth-order valence-corrected chi connectivity index (χ4v) is 5.25. The van der Waals surface area contributed by atoms with Crippen molar-refractivity contribution >= 4 is 51.7 Å². The molecule has 0 radical (unpaired) electrons. The highest BCUT2D eigenvalue weighted by atomic mass is 35.5. The van der Waals surface area contributed by atoms with E-state index in [2.05, 4.69) is 15.0 Å². The maximum Gasteiger partial charge on any atom is 0.387 e. The molecular weight excluding hydrogens is 516 g/mol. The second-order valence-electron chi connectivity index (χ2n) is 8.06. The number of carbonyl (C=O) groups is 2. The highest BCUT2D eigenvalue weighted by Crippen LogP contribution is 2.34. The molecule has 36 heavy (non-hydrogen) atoms. The molecular formula is C24H24ClF2N3O5S. The molecule has 8 nitrogen and oxygen atoms in total. The summed E-state index contributed by atoms with van der Waals surface area (Å²) in [7, 11) is 1.50. The van der Waals surface area contributed by atoms with Crippen molar-refractivity contribution in [2.45, 2.75) is 37.2 Å². The average Bonchev–Trinajstić information content (AvgIpc) is 3.44. The molecule has 0 aromatic heterocycles. The zero-order valence-electron chi connectivity index (χ0n) is 19.3. The number of alkyl halides is 2. The number of amides is 2. The van der Waals surface area contributed by atoms with Crippen molar-refractivity contribution in [3.05, 3.63) is 47.5 Å². The summed E-state index contributed by atoms with van der Waals surface area (Å²) in [6.45, 7) is -1.97. The lowest BCUT2D eigenvalue weighted by molar-refractivity contribution is -0.129. The summed E-state index contributed by atoms with van der Waals surface area (Å²) in [5, 5.41) is 2.84. The quantitative estimate of drug-likeness (QED) is 0.477. The van der Waals surface area contributed by atoms with E-state index in [0.717, 1.165) is 12.8 Å². The second kappa shape index (κ2) is 11.9. The van der Waals surface area contributed by atoms with Crippen LogP contribution in [0.15, 0.2) is 47.5 Å². The third kappa shape index (κ3) is 6.65. The molecule has 2 aliphatic rings. The van der Waals surface area contributed by atoms with Crippen LogP contribution >= 0.6 is 23.4 Å². The van der Waals surface area contributed by atoms with Gasteiger partial charge in [0.25, 0.3) is 0 Å². The lowest BCUT2D eigenvalue weighted by Gasteiger charge is -2.20. The van der Waals surface area contributed by atoms with Crippen LogP contribution in [0.5, 0.6) is 11.5 Å². The molecule has 0 unspecified atom stereocenters. The molecule has 4 rings (SSSR count). The Balaban J connectivity index is 1.47. The van der Waals surface area contributed by atoms with Crippen LogP contribution in [0.2, 0.25) is 5.02 Å². The summed E-state index contributed by atoms with van der Waals surface area (Å²) >= 11 is 7.30. The highest BCUT2D eigenvalue weighted by Gasteiger charge is 2.40. The molecule has 192 valence electrons. The summed E-state index contributed by atoms with van der Waals surface area (Å²) in [6.07, 6.45) is 1.55. The molecule has 2 fully saturated rings. The fraction of sp³-hybridized carbons (Fsp3) is 0.375. The SMILES string of the molecule is COc1ccc(NC(=O)C[C@@H]2SC(=Nc3ccc(OC(F)F)cc3)N(C[C@H]3CCCO3)C2=O)cc1Cl. The van der Waals surface area contributed by atoms with Crippen molar-refractivity contribution in [3.8, 4) is 11.5 Å². The largest absolute Gasteiger partial charge is 0.495 e. The topological polar surface area (TPSA) is 89.5 Å². The Morgan fingerprint density at radius 1 is 1.31 bits per heavy atom. The van der Waals surface area contributed by atoms with Crippen molar-refractivity contribution in [2.24, 2.45) is 4.99 Å². The van der Waals surface area contributed by atoms with Crippen molar-refractivity contribution in [2.75, 3.05) is 25.6 Å². The van der Waals surface area contributed by atoms with E-state index in [1.807, 2.05) is 0 Å². The monoisotopic (exact) mass is 539 g/mol. The van der Waals surface area contributed by atoms with Gasteiger partial charge in [-0.2, -0.15) is 8.78 Å². The number of nitrogens with zero attached hydrogens (tertiary/aromatic N) is 2. The molecule has 0 saturated carbocycles. The van der Waals surface area contributed by atoms with Crippen LogP contribution in [-0.4, -0.2) is 60.1 Å². The van der Waals surface area contributed by atoms with Gasteiger partial charge in [0, 0.05) is 18.7 Å². The first-order chi connectivity index (χ1) is 17.3. The molecule has 0 aliphatic carbocycles. The first-order valence-corrected chi connectivity index (χ1v) is 12.4. The van der Waals surface area contributed by atoms with Gasteiger partial charge < -0.3 is 19.5 Å². The first-order valence-electron chi connectivity index (χ1n) is 11.2. The summed E-state index contributed by atoms with van der Waals surface area (Å²) < 4.78 is 40.0. The third-order valence-corrected chi connectivity index (χ3v) is 6.99. The predicted octanol–water partition coefficient (Wildman–Crippen LogP) is 5.09. The van der Waals surface area contributed by atoms with E-state index in [1.54, 1.807) is 18.2 Å². The Morgan fingerprint density at radius 3 is 2.72 bits per heavy atom. The highest BCUT2D eigenvalue weighted by molar-refractivity contribution is 8.15. The van der Waals surface area contributed by atoms with E-state index in [9.17, 15) is 18.4 Å². The molecule has 0 bridgehead atoms. The van der Waals surface area contributed by atoms with Crippen LogP contribution < -0.4 is 14.8 Å². The van der Waals surface area contributed by atoms with Gasteiger partial charge in [0.05, 0.1) is 30.5 Å². The van der Waals surface area contributed by atoms with Crippen LogP contribution in [0.1, 0.15) is 19.3 Å². The number of amidine groups is 1. The lowest BCUT2D eigenvalue weighted by atomic mass is 10.2. The maximum absolute atomic E-state index is 13.2. The van der Waals surface area contributed by atoms with E-state index < -0.39 is 11.9 Å². The Morgan fingerprint density at radius 2 is 2.08 bits per heavy atom. The van der Waals surface area contributed by atoms with Crippen LogP contribution in [0.4, 0.5) is 20.2 Å². The van der Waals surface area contributed by atoms with Gasteiger partial charge in [-0.05, 0) is 55.3 Å². The van der Waals surface area contributed by atoms with E-state index in [-0.39, 0.29) is 30.1 Å². The van der Waals surface area contributed by atoms with Crippen LogP contribution in [0.25, 0.3) is 0 Å². The minimum Gasteiger partial charge on any atom is -0.495 e. The number of thioether (sulfide) groups is 1. The maximum atomic E-state index is 13.2. The molecule has 2 amide bonds. The molecule has 2 atom stereocenters. The Hall–Kier alpha value is -2.89. The van der Waals surface area contributed by atoms with Gasteiger partial charge in [-0.15, -0.1) is 0 Å². The number of rotatable bonds is 9. The predicted molar refractivity (Wildman–Crippen MR) is 133 cm³/mol. The number of carbonyl (C=O) groups excluding carboxylic acids is 2. The van der Waals surface area contributed by atoms with Crippen LogP contribution in [-0.2, 0) is 14.3 Å². The van der Waals surface area contributed by atoms with Gasteiger partial charge in [-0.3, -0.25) is 14.5 Å². The number of ether oxygens (including phenoxy) is 3. The Bertz CT molecular complexity index is 1130. The number of hydrogen-bond acceptors (Lipinski definition) is 7. The summed E-state index contributed by atoms with van der Waals surface area (Å²) in [5.74, 6) is -0.104. The molecule has 12 heteroatoms. The van der Waals surface area contributed by atoms with E-state index >= 15 is 0 Å². The van der Waals surface area contributed by atoms with Crippen molar-refractivity contribution in [1.29, 1.82) is 0 Å². The van der Waals surface area contributed by atoms with Crippen molar-refractivity contribution < 1.29 is 32.6 Å². The van der Waals surface area contributed by atoms with E-state index in [4.69, 9.17) is 21.1 Å². The number of hydrogen-bond donors (Lipinski definition) is 1. The van der Waals surface area contributed by atoms with E-state index in [1.165, 1.54) is 48.0 Å². The standard InChI is InChI=1S/C24H24ClF2N3O5S/c1-33-19-9-6-15(11-18(19)25)28-21(31)12-20-22(32)30(13-17-3-2-10-34-17)24(36-20)29-14-4-7-16(8-5-14)35-23(26)27/h4-9,11,17,20,23H,2-3,10,12-13H2,1H3,(H,28,31)/t17-,20+/m1/s1. The second-order valence-corrected chi connectivity index (χ2v) is 9.64. The molecule has 2 aromatic rings. The summed E-state index contributed by atoms with van der Waals surface area (Å²) in [6, 6.07) is 10.7. The summed E-state index contributed by atoms with van der Waals surface area (Å²) in [4.78, 5) is 32.0. The molecule has 2 aromatic carbocycles. The number of halogens is 3. The minimum atomic E-state index is -2.92. The molecule has 0 spiro atoms. The summed E-state index contributed by atoms with van der Waals surface area (Å²) in [5.41, 5.74) is 0.944. The Labute approximate surface area is 215 Å². The normalized spacial score (nSPS) is 20.9. The van der Waals surface area contributed by atoms with Crippen LogP contribution in [0, 0.1) is 0 Å². The zero-order chi connectivity index (χ0) is 25.7. The minimum absolute atomic E-state index is 0.00787. The zero-order valence-corrected chi connectivity index (χ0v) is 20.9. The van der Waals surface area contributed by atoms with Gasteiger partial charge in [0.15, 0.2) is 5.17 Å². The number of methoxy groups -OCH3 is 1. The van der Waals surface area contributed by atoms with Crippen molar-refractivity contribution in [3.63, 3.8) is 0 Å². The van der Waals surface area contributed by atoms with Gasteiger partial charge >= 0.3 is 6.61 Å². The van der Waals surface area contributed by atoms with Gasteiger partial charge in [-0.1, -0.05) is 23.4 Å². The Kier molecular flexibility index (Phi) is 8.65. The number of benzene rings is 2. The number of nitrogens with one attached hydrogen (secondary N) is 1. The van der Waals surface area contributed by atoms with Crippen LogP contribution in [0.3, 0.4) is 0 Å².